The first-order valence-electron chi connectivity index (χ1n) is 7.52. The van der Waals surface area contributed by atoms with E-state index < -0.39 is 0 Å². The van der Waals surface area contributed by atoms with Gasteiger partial charge in [-0.1, -0.05) is 23.4 Å². The van der Waals surface area contributed by atoms with Crippen LogP contribution in [0.3, 0.4) is 0 Å². The van der Waals surface area contributed by atoms with Gasteiger partial charge in [-0.05, 0) is 32.6 Å². The van der Waals surface area contributed by atoms with Crippen LogP contribution in [-0.4, -0.2) is 49.5 Å². The van der Waals surface area contributed by atoms with E-state index in [0.717, 1.165) is 23.6 Å². The number of fused-ring (bicyclic) bond motifs is 1. The molecule has 5 heteroatoms. The quantitative estimate of drug-likeness (QED) is 0.935. The van der Waals surface area contributed by atoms with Crippen molar-refractivity contribution in [2.24, 2.45) is 0 Å². The van der Waals surface area contributed by atoms with Gasteiger partial charge in [0.1, 0.15) is 5.76 Å². The zero-order chi connectivity index (χ0) is 15.9. The molecule has 0 fully saturated rings. The van der Waals surface area contributed by atoms with E-state index in [4.69, 9.17) is 4.52 Å². The van der Waals surface area contributed by atoms with Crippen LogP contribution >= 0.6 is 0 Å². The fourth-order valence-electron chi connectivity index (χ4n) is 3.91. The van der Waals surface area contributed by atoms with Crippen molar-refractivity contribution in [2.45, 2.75) is 18.4 Å². The highest BCUT2D eigenvalue weighted by atomic mass is 16.5. The molecular weight excluding hydrogens is 278 g/mol. The molecule has 0 saturated carbocycles. The zero-order valence-electron chi connectivity index (χ0n) is 13.6. The van der Waals surface area contributed by atoms with Crippen LogP contribution in [0, 0.1) is 6.92 Å². The van der Waals surface area contributed by atoms with Crippen molar-refractivity contribution in [3.05, 3.63) is 47.3 Å². The van der Waals surface area contributed by atoms with Gasteiger partial charge in [0.2, 0.25) is 0 Å². The third kappa shape index (κ3) is 1.96. The Morgan fingerprint density at radius 1 is 1.36 bits per heavy atom. The molecule has 0 bridgehead atoms. The smallest absolute Gasteiger partial charge is 0.139 e. The number of aliphatic hydroxyl groups is 1. The average Bonchev–Trinajstić information content (AvgIpc) is 3.01. The second kappa shape index (κ2) is 5.41. The summed E-state index contributed by atoms with van der Waals surface area (Å²) in [5, 5.41) is 14.2. The Hall–Kier alpha value is -1.85. The topological polar surface area (TPSA) is 52.7 Å². The minimum atomic E-state index is -0.383. The number of aryl methyl sites for hydroxylation is 1. The van der Waals surface area contributed by atoms with Gasteiger partial charge in [0.05, 0.1) is 18.3 Å². The van der Waals surface area contributed by atoms with E-state index in [9.17, 15) is 5.11 Å². The Kier molecular flexibility index (Phi) is 3.70. The minimum Gasteiger partial charge on any atom is -0.396 e. The van der Waals surface area contributed by atoms with Crippen LogP contribution in [0.1, 0.15) is 22.8 Å². The predicted molar refractivity (Wildman–Crippen MR) is 86.1 cm³/mol. The van der Waals surface area contributed by atoms with Crippen molar-refractivity contribution < 1.29 is 9.63 Å². The Morgan fingerprint density at radius 3 is 2.68 bits per heavy atom. The molecule has 1 aromatic heterocycles. The molecule has 0 radical (unpaired) electrons. The summed E-state index contributed by atoms with van der Waals surface area (Å²) in [7, 11) is 6.19. The molecule has 0 aliphatic carbocycles. The number of aromatic nitrogens is 1. The summed E-state index contributed by atoms with van der Waals surface area (Å²) in [6, 6.07) is 8.28. The van der Waals surface area contributed by atoms with Crippen LogP contribution < -0.4 is 4.90 Å². The fourth-order valence-corrected chi connectivity index (χ4v) is 3.91. The van der Waals surface area contributed by atoms with Gasteiger partial charge in [0.15, 0.2) is 0 Å². The molecule has 2 aromatic rings. The van der Waals surface area contributed by atoms with E-state index in [1.165, 1.54) is 5.56 Å². The van der Waals surface area contributed by atoms with Crippen LogP contribution in [0.2, 0.25) is 0 Å². The summed E-state index contributed by atoms with van der Waals surface area (Å²) in [6.07, 6.45) is 1.80. The number of para-hydroxylation sites is 1. The highest BCUT2D eigenvalue weighted by Crippen LogP contribution is 2.53. The largest absolute Gasteiger partial charge is 0.396 e. The number of anilines is 1. The summed E-state index contributed by atoms with van der Waals surface area (Å²) in [4.78, 5) is 4.42. The van der Waals surface area contributed by atoms with Crippen LogP contribution in [0.25, 0.3) is 0 Å². The molecule has 5 nitrogen and oxygen atoms in total. The first-order chi connectivity index (χ1) is 10.5. The molecule has 1 N–H and O–H groups in total. The van der Waals surface area contributed by atoms with Crippen molar-refractivity contribution in [1.29, 1.82) is 0 Å². The standard InChI is InChI=1S/C17H23N3O2/c1-12-14(9-18-22-12)17(11-19(2)3)15(10-21)13-7-5-6-8-16(13)20(17)4/h5-9,15,21H,10-11H2,1-4H3. The molecule has 2 unspecified atom stereocenters. The number of benzene rings is 1. The molecule has 2 atom stereocenters. The van der Waals surface area contributed by atoms with Crippen molar-refractivity contribution in [2.75, 3.05) is 39.2 Å². The van der Waals surface area contributed by atoms with E-state index in [1.807, 2.05) is 19.1 Å². The minimum absolute atomic E-state index is 0.0193. The monoisotopic (exact) mass is 301 g/mol. The second-order valence-corrected chi connectivity index (χ2v) is 6.31. The molecule has 118 valence electrons. The second-order valence-electron chi connectivity index (χ2n) is 6.31. The van der Waals surface area contributed by atoms with E-state index in [0.29, 0.717) is 0 Å². The number of likely N-dealkylation sites (N-methyl/N-ethyl adjacent to an activating group) is 2. The Balaban J connectivity index is 2.24. The van der Waals surface area contributed by atoms with Crippen molar-refractivity contribution in [3.63, 3.8) is 0 Å². The Labute approximate surface area is 131 Å². The number of hydrogen-bond acceptors (Lipinski definition) is 5. The van der Waals surface area contributed by atoms with Crippen LogP contribution in [-0.2, 0) is 5.54 Å². The van der Waals surface area contributed by atoms with E-state index in [1.54, 1.807) is 6.20 Å². The maximum Gasteiger partial charge on any atom is 0.139 e. The van der Waals surface area contributed by atoms with Gasteiger partial charge >= 0.3 is 0 Å². The van der Waals surface area contributed by atoms with Gasteiger partial charge in [-0.3, -0.25) is 0 Å². The fraction of sp³-hybridized carbons (Fsp3) is 0.471. The lowest BCUT2D eigenvalue weighted by Crippen LogP contribution is -2.52. The molecule has 0 saturated heterocycles. The van der Waals surface area contributed by atoms with Gasteiger partial charge in [-0.15, -0.1) is 0 Å². The molecule has 0 spiro atoms. The maximum absolute atomic E-state index is 10.2. The predicted octanol–water partition coefficient (Wildman–Crippen LogP) is 1.97. The molecule has 1 aliphatic rings. The molecule has 2 heterocycles. The maximum atomic E-state index is 10.2. The third-order valence-electron chi connectivity index (χ3n) is 4.81. The number of rotatable bonds is 4. The molecule has 0 amide bonds. The number of hydrogen-bond donors (Lipinski definition) is 1. The Bertz CT molecular complexity index is 667. The molecular formula is C17H23N3O2. The van der Waals surface area contributed by atoms with Gasteiger partial charge in [0, 0.05) is 30.8 Å². The van der Waals surface area contributed by atoms with Crippen molar-refractivity contribution in [1.82, 2.24) is 10.1 Å². The van der Waals surface area contributed by atoms with E-state index >= 15 is 0 Å². The van der Waals surface area contributed by atoms with Crippen LogP contribution in [0.5, 0.6) is 0 Å². The SMILES string of the molecule is Cc1oncc1C1(CN(C)C)C(CO)c2ccccc2N1C. The summed E-state index contributed by atoms with van der Waals surface area (Å²) >= 11 is 0. The summed E-state index contributed by atoms with van der Waals surface area (Å²) in [5.41, 5.74) is 2.99. The number of aliphatic hydroxyl groups excluding tert-OH is 1. The number of nitrogens with zero attached hydrogens (tertiary/aromatic N) is 3. The Morgan fingerprint density at radius 2 is 2.09 bits per heavy atom. The first-order valence-corrected chi connectivity index (χ1v) is 7.52. The van der Waals surface area contributed by atoms with Crippen LogP contribution in [0.15, 0.2) is 35.0 Å². The van der Waals surface area contributed by atoms with Gasteiger partial charge in [-0.2, -0.15) is 0 Å². The van der Waals surface area contributed by atoms with Gasteiger partial charge < -0.3 is 19.4 Å². The lowest BCUT2D eigenvalue weighted by atomic mass is 9.77. The highest BCUT2D eigenvalue weighted by molar-refractivity contribution is 5.66. The molecule has 3 rings (SSSR count). The lowest BCUT2D eigenvalue weighted by molar-refractivity contribution is 0.177. The summed E-state index contributed by atoms with van der Waals surface area (Å²) in [6.45, 7) is 2.79. The normalized spacial score (nSPS) is 24.1. The summed E-state index contributed by atoms with van der Waals surface area (Å²) in [5.74, 6) is 0.786. The van der Waals surface area contributed by atoms with Crippen molar-refractivity contribution in [3.8, 4) is 0 Å². The van der Waals surface area contributed by atoms with E-state index in [2.05, 4.69) is 48.2 Å². The third-order valence-corrected chi connectivity index (χ3v) is 4.81. The summed E-state index contributed by atoms with van der Waals surface area (Å²) < 4.78 is 5.35. The van der Waals surface area contributed by atoms with E-state index in [-0.39, 0.29) is 18.1 Å². The first kappa shape index (κ1) is 15.1. The van der Waals surface area contributed by atoms with Gasteiger partial charge in [0.25, 0.3) is 0 Å². The molecule has 22 heavy (non-hydrogen) atoms. The zero-order valence-corrected chi connectivity index (χ0v) is 13.6. The van der Waals surface area contributed by atoms with Crippen LogP contribution in [0.4, 0.5) is 5.69 Å². The molecule has 1 aliphatic heterocycles. The van der Waals surface area contributed by atoms with Crippen molar-refractivity contribution >= 4 is 5.69 Å². The highest BCUT2D eigenvalue weighted by Gasteiger charge is 2.52. The van der Waals surface area contributed by atoms with Gasteiger partial charge in [-0.25, -0.2) is 0 Å². The average molecular weight is 301 g/mol. The lowest BCUT2D eigenvalue weighted by Gasteiger charge is -2.43. The molecule has 1 aromatic carbocycles.